The van der Waals surface area contributed by atoms with Crippen LogP contribution in [0.3, 0.4) is 0 Å². The number of hydrogen-bond donors (Lipinski definition) is 2. The first-order valence-electron chi connectivity index (χ1n) is 4.48. The topological polar surface area (TPSA) is 101 Å². The minimum atomic E-state index is -3.77. The Morgan fingerprint density at radius 3 is 2.69 bits per heavy atom. The van der Waals surface area contributed by atoms with Crippen LogP contribution in [-0.2, 0) is 28.4 Å². The van der Waals surface area contributed by atoms with E-state index < -0.39 is 21.7 Å². The van der Waals surface area contributed by atoms with E-state index in [2.05, 4.69) is 9.82 Å². The number of nitrogens with one attached hydrogen (secondary N) is 1. The van der Waals surface area contributed by atoms with Crippen molar-refractivity contribution in [2.75, 3.05) is 5.75 Å². The molecule has 0 saturated heterocycles. The van der Waals surface area contributed by atoms with Gasteiger partial charge in [0.05, 0.1) is 5.69 Å². The van der Waals surface area contributed by atoms with Crippen molar-refractivity contribution >= 4 is 16.0 Å². The summed E-state index contributed by atoms with van der Waals surface area (Å²) in [7, 11) is -2.05. The highest BCUT2D eigenvalue weighted by Crippen LogP contribution is 2.04. The van der Waals surface area contributed by atoms with Gasteiger partial charge in [0.1, 0.15) is 0 Å². The van der Waals surface area contributed by atoms with Crippen LogP contribution >= 0.6 is 0 Å². The Labute approximate surface area is 93.1 Å². The molecule has 0 aliphatic heterocycles. The summed E-state index contributed by atoms with van der Waals surface area (Å²) in [6, 6.07) is 0. The molecule has 0 radical (unpaired) electrons. The van der Waals surface area contributed by atoms with E-state index in [0.717, 1.165) is 5.56 Å². The van der Waals surface area contributed by atoms with Crippen molar-refractivity contribution in [2.24, 2.45) is 7.05 Å². The molecule has 16 heavy (non-hydrogen) atoms. The molecule has 1 aromatic heterocycles. The van der Waals surface area contributed by atoms with Crippen molar-refractivity contribution in [3.63, 3.8) is 0 Å². The summed E-state index contributed by atoms with van der Waals surface area (Å²) < 4.78 is 26.2. The Bertz CT molecular complexity index is 491. The van der Waals surface area contributed by atoms with Crippen LogP contribution in [0.1, 0.15) is 11.3 Å². The molecule has 0 aliphatic carbocycles. The van der Waals surface area contributed by atoms with Crippen LogP contribution in [-0.4, -0.2) is 35.0 Å². The van der Waals surface area contributed by atoms with Gasteiger partial charge in [-0.2, -0.15) is 5.10 Å². The van der Waals surface area contributed by atoms with Gasteiger partial charge in [-0.15, -0.1) is 0 Å². The van der Waals surface area contributed by atoms with Crippen molar-refractivity contribution in [3.8, 4) is 0 Å². The highest BCUT2D eigenvalue weighted by atomic mass is 32.2. The minimum absolute atomic E-state index is 0.0509. The molecule has 0 unspecified atom stereocenters. The van der Waals surface area contributed by atoms with Crippen LogP contribution in [0.15, 0.2) is 6.20 Å². The summed E-state index contributed by atoms with van der Waals surface area (Å²) in [5.74, 6) is -2.30. The summed E-state index contributed by atoms with van der Waals surface area (Å²) in [5, 5.41) is 12.4. The molecule has 90 valence electrons. The average molecular weight is 247 g/mol. The highest BCUT2D eigenvalue weighted by Gasteiger charge is 2.15. The summed E-state index contributed by atoms with van der Waals surface area (Å²) in [6.07, 6.45) is 1.68. The average Bonchev–Trinajstić information content (AvgIpc) is 2.39. The summed E-state index contributed by atoms with van der Waals surface area (Å²) in [4.78, 5) is 10.3. The molecule has 8 heteroatoms. The summed E-state index contributed by atoms with van der Waals surface area (Å²) >= 11 is 0. The molecule has 0 saturated carbocycles. The number of carbonyl (C=O) groups is 1. The van der Waals surface area contributed by atoms with Gasteiger partial charge in [-0.3, -0.25) is 9.48 Å². The van der Waals surface area contributed by atoms with E-state index in [1.54, 1.807) is 24.9 Å². The second-order valence-corrected chi connectivity index (χ2v) is 5.19. The van der Waals surface area contributed by atoms with E-state index in [1.807, 2.05) is 0 Å². The molecule has 7 nitrogen and oxygen atoms in total. The van der Waals surface area contributed by atoms with Crippen LogP contribution < -0.4 is 4.72 Å². The van der Waals surface area contributed by atoms with Crippen LogP contribution in [0.2, 0.25) is 0 Å². The molecular formula is C8H13N3O4S. The predicted molar refractivity (Wildman–Crippen MR) is 56.2 cm³/mol. The Kier molecular flexibility index (Phi) is 3.66. The lowest BCUT2D eigenvalue weighted by Gasteiger charge is -2.02. The molecule has 1 aromatic rings. The van der Waals surface area contributed by atoms with Crippen molar-refractivity contribution in [1.82, 2.24) is 14.5 Å². The molecule has 2 N–H and O–H groups in total. The van der Waals surface area contributed by atoms with Gasteiger partial charge >= 0.3 is 5.97 Å². The fourth-order valence-electron chi connectivity index (χ4n) is 1.22. The normalized spacial score (nSPS) is 11.6. The standard InChI is InChI=1S/C8H13N3O4S/c1-6-7(4-11(2)10-6)3-9-16(14,15)5-8(12)13/h4,9H,3,5H2,1-2H3,(H,12,13). The number of nitrogens with zero attached hydrogens (tertiary/aromatic N) is 2. The van der Waals surface area contributed by atoms with E-state index >= 15 is 0 Å². The van der Waals surface area contributed by atoms with Crippen LogP contribution in [0.25, 0.3) is 0 Å². The van der Waals surface area contributed by atoms with Gasteiger partial charge in [-0.1, -0.05) is 0 Å². The third kappa shape index (κ3) is 3.63. The second kappa shape index (κ2) is 4.62. The molecule has 0 bridgehead atoms. The predicted octanol–water partition coefficient (Wildman–Crippen LogP) is -0.767. The van der Waals surface area contributed by atoms with Gasteiger partial charge < -0.3 is 5.11 Å². The third-order valence-electron chi connectivity index (χ3n) is 1.91. The molecule has 1 rings (SSSR count). The molecule has 1 heterocycles. The number of aryl methyl sites for hydroxylation is 2. The van der Waals surface area contributed by atoms with E-state index in [0.29, 0.717) is 5.69 Å². The van der Waals surface area contributed by atoms with Crippen molar-refractivity contribution in [3.05, 3.63) is 17.5 Å². The maximum absolute atomic E-state index is 11.2. The van der Waals surface area contributed by atoms with Crippen molar-refractivity contribution < 1.29 is 18.3 Å². The zero-order chi connectivity index (χ0) is 12.3. The number of aromatic nitrogens is 2. The molecule has 0 atom stereocenters. The first kappa shape index (κ1) is 12.7. The van der Waals surface area contributed by atoms with E-state index in [-0.39, 0.29) is 6.54 Å². The molecule has 0 spiro atoms. The third-order valence-corrected chi connectivity index (χ3v) is 3.12. The molecular weight excluding hydrogens is 234 g/mol. The minimum Gasteiger partial charge on any atom is -0.480 e. The van der Waals surface area contributed by atoms with Gasteiger partial charge in [0.15, 0.2) is 5.75 Å². The maximum atomic E-state index is 11.2. The number of rotatable bonds is 5. The lowest BCUT2D eigenvalue weighted by molar-refractivity contribution is -0.134. The smallest absolute Gasteiger partial charge is 0.320 e. The summed E-state index contributed by atoms with van der Waals surface area (Å²) in [6.45, 7) is 1.80. The van der Waals surface area contributed by atoms with E-state index in [9.17, 15) is 13.2 Å². The Hall–Kier alpha value is -1.41. The Morgan fingerprint density at radius 2 is 2.25 bits per heavy atom. The van der Waals surface area contributed by atoms with E-state index in [1.165, 1.54) is 0 Å². The first-order chi connectivity index (χ1) is 7.30. The van der Waals surface area contributed by atoms with Gasteiger partial charge in [0.25, 0.3) is 0 Å². The molecule has 0 fully saturated rings. The fourth-order valence-corrected chi connectivity index (χ4v) is 2.03. The van der Waals surface area contributed by atoms with Crippen molar-refractivity contribution in [2.45, 2.75) is 13.5 Å². The van der Waals surface area contributed by atoms with Crippen molar-refractivity contribution in [1.29, 1.82) is 0 Å². The second-order valence-electron chi connectivity index (χ2n) is 3.39. The number of carboxylic acid groups (broad SMARTS) is 1. The molecule has 0 amide bonds. The number of aliphatic carboxylic acids is 1. The number of hydrogen-bond acceptors (Lipinski definition) is 4. The Balaban J connectivity index is 2.64. The van der Waals surface area contributed by atoms with Crippen LogP contribution in [0.4, 0.5) is 0 Å². The molecule has 0 aliphatic rings. The lowest BCUT2D eigenvalue weighted by Crippen LogP contribution is -2.29. The Morgan fingerprint density at radius 1 is 1.62 bits per heavy atom. The largest absolute Gasteiger partial charge is 0.480 e. The van der Waals surface area contributed by atoms with Crippen LogP contribution in [0.5, 0.6) is 0 Å². The zero-order valence-electron chi connectivity index (χ0n) is 8.97. The number of sulfonamides is 1. The monoisotopic (exact) mass is 247 g/mol. The SMILES string of the molecule is Cc1nn(C)cc1CNS(=O)(=O)CC(=O)O. The van der Waals surface area contributed by atoms with Gasteiger partial charge in [0, 0.05) is 25.4 Å². The lowest BCUT2D eigenvalue weighted by atomic mass is 10.3. The highest BCUT2D eigenvalue weighted by molar-refractivity contribution is 7.90. The number of carboxylic acids is 1. The van der Waals surface area contributed by atoms with E-state index in [4.69, 9.17) is 5.11 Å². The fraction of sp³-hybridized carbons (Fsp3) is 0.500. The first-order valence-corrected chi connectivity index (χ1v) is 6.13. The zero-order valence-corrected chi connectivity index (χ0v) is 9.78. The van der Waals surface area contributed by atoms with Gasteiger partial charge in [-0.25, -0.2) is 13.1 Å². The van der Waals surface area contributed by atoms with Crippen LogP contribution in [0, 0.1) is 6.92 Å². The summed E-state index contributed by atoms with van der Waals surface area (Å²) in [5.41, 5.74) is 1.43. The molecule has 0 aromatic carbocycles. The van der Waals surface area contributed by atoms with Gasteiger partial charge in [0.2, 0.25) is 10.0 Å². The maximum Gasteiger partial charge on any atom is 0.320 e. The quantitative estimate of drug-likeness (QED) is 0.711. The van der Waals surface area contributed by atoms with Gasteiger partial charge in [-0.05, 0) is 6.92 Å².